The van der Waals surface area contributed by atoms with Crippen LogP contribution < -0.4 is 0 Å². The third-order valence-corrected chi connectivity index (χ3v) is 0.869. The van der Waals surface area contributed by atoms with Crippen LogP contribution in [-0.4, -0.2) is 22.7 Å². The lowest BCUT2D eigenvalue weighted by Gasteiger charge is -2.02. The van der Waals surface area contributed by atoms with E-state index in [4.69, 9.17) is 5.11 Å². The first-order chi connectivity index (χ1) is 3.66. The minimum atomic E-state index is -1.000. The van der Waals surface area contributed by atoms with Gasteiger partial charge in [0.25, 0.3) is 0 Å². The number of alkyl halides is 1. The molecule has 0 aromatic heterocycles. The van der Waals surface area contributed by atoms with Gasteiger partial charge in [-0.1, -0.05) is 15.9 Å². The van der Waals surface area contributed by atoms with Crippen molar-refractivity contribution in [2.45, 2.75) is 13.2 Å². The fourth-order valence-corrected chi connectivity index (χ4v) is 0.354. The highest BCUT2D eigenvalue weighted by atomic mass is 79.9. The molecule has 0 radical (unpaired) electrons. The minimum absolute atomic E-state index is 0.123. The summed E-state index contributed by atoms with van der Waals surface area (Å²) in [5, 5.41) is 8.51. The molecule has 0 aliphatic heterocycles. The van der Waals surface area contributed by atoms with Gasteiger partial charge >= 0.3 is 5.97 Å². The van der Waals surface area contributed by atoms with E-state index < -0.39 is 12.3 Å². The van der Waals surface area contributed by atoms with Gasteiger partial charge in [-0.3, -0.25) is 4.79 Å². The lowest BCUT2D eigenvalue weighted by Crippen LogP contribution is -2.14. The molecule has 3 nitrogen and oxygen atoms in total. The zero-order valence-corrected chi connectivity index (χ0v) is 6.01. The summed E-state index contributed by atoms with van der Waals surface area (Å²) in [6, 6.07) is 0. The smallest absolute Gasteiger partial charge is 0.318 e. The third kappa shape index (κ3) is 4.08. The maximum Gasteiger partial charge on any atom is 0.318 e. The monoisotopic (exact) mass is 182 g/mol. The van der Waals surface area contributed by atoms with Gasteiger partial charge in [-0.15, -0.1) is 0 Å². The Balaban J connectivity index is 3.25. The first kappa shape index (κ1) is 7.91. The summed E-state index contributed by atoms with van der Waals surface area (Å²) in [5.41, 5.74) is 0. The zero-order chi connectivity index (χ0) is 6.57. The van der Waals surface area contributed by atoms with Crippen LogP contribution in [0.1, 0.15) is 6.92 Å². The molecule has 1 unspecified atom stereocenters. The van der Waals surface area contributed by atoms with E-state index in [9.17, 15) is 4.79 Å². The standard InChI is InChI=1S/C4H7BrO3/c1-3(6)8-4(7)2-5/h3,6H,2H2,1H3. The van der Waals surface area contributed by atoms with Crippen LogP contribution in [0.3, 0.4) is 0 Å². The number of aliphatic hydroxyl groups is 1. The van der Waals surface area contributed by atoms with E-state index in [0.717, 1.165) is 0 Å². The van der Waals surface area contributed by atoms with E-state index in [2.05, 4.69) is 20.7 Å². The van der Waals surface area contributed by atoms with Gasteiger partial charge in [0.05, 0.1) is 0 Å². The van der Waals surface area contributed by atoms with Crippen molar-refractivity contribution in [1.29, 1.82) is 0 Å². The first-order valence-electron chi connectivity index (χ1n) is 2.10. The molecule has 0 rings (SSSR count). The Bertz CT molecular complexity index is 81.4. The molecule has 0 spiro atoms. The van der Waals surface area contributed by atoms with E-state index in [1.165, 1.54) is 6.92 Å². The predicted molar refractivity (Wildman–Crippen MR) is 31.6 cm³/mol. The van der Waals surface area contributed by atoms with Crippen molar-refractivity contribution in [2.75, 3.05) is 5.33 Å². The van der Waals surface area contributed by atoms with Crippen LogP contribution in [0.4, 0.5) is 0 Å². The van der Waals surface area contributed by atoms with Crippen LogP contribution in [-0.2, 0) is 9.53 Å². The molecule has 48 valence electrons. The number of esters is 1. The highest BCUT2D eigenvalue weighted by Gasteiger charge is 2.01. The van der Waals surface area contributed by atoms with Gasteiger partial charge in [-0.2, -0.15) is 0 Å². The van der Waals surface area contributed by atoms with E-state index in [-0.39, 0.29) is 5.33 Å². The van der Waals surface area contributed by atoms with E-state index >= 15 is 0 Å². The highest BCUT2D eigenvalue weighted by molar-refractivity contribution is 9.09. The molecule has 4 heteroatoms. The van der Waals surface area contributed by atoms with Gasteiger partial charge in [0.15, 0.2) is 6.29 Å². The number of carbonyl (C=O) groups excluding carboxylic acids is 1. The molecule has 1 N–H and O–H groups in total. The largest absolute Gasteiger partial charge is 0.436 e. The predicted octanol–water partition coefficient (Wildman–Crippen LogP) is 0.263. The maximum atomic E-state index is 10.2. The van der Waals surface area contributed by atoms with Crippen LogP contribution >= 0.6 is 15.9 Å². The van der Waals surface area contributed by atoms with Crippen molar-refractivity contribution >= 4 is 21.9 Å². The van der Waals surface area contributed by atoms with Gasteiger partial charge in [-0.05, 0) is 6.92 Å². The number of hydrogen-bond acceptors (Lipinski definition) is 3. The van der Waals surface area contributed by atoms with E-state index in [1.54, 1.807) is 0 Å². The van der Waals surface area contributed by atoms with E-state index in [0.29, 0.717) is 0 Å². The number of aliphatic hydroxyl groups excluding tert-OH is 1. The van der Waals surface area contributed by atoms with Crippen molar-refractivity contribution < 1.29 is 14.6 Å². The fourth-order valence-electron chi connectivity index (χ4n) is 0.222. The molecule has 0 aliphatic carbocycles. The highest BCUT2D eigenvalue weighted by Crippen LogP contribution is 1.88. The molecule has 0 saturated heterocycles. The average Bonchev–Trinajstić information content (AvgIpc) is 1.65. The molecule has 0 aliphatic rings. The Morgan fingerprint density at radius 1 is 2.00 bits per heavy atom. The molecule has 0 heterocycles. The normalized spacial score (nSPS) is 12.9. The third-order valence-electron chi connectivity index (χ3n) is 0.411. The summed E-state index contributed by atoms with van der Waals surface area (Å²) >= 11 is 2.86. The molecule has 0 saturated carbocycles. The van der Waals surface area contributed by atoms with Crippen molar-refractivity contribution in [3.63, 3.8) is 0 Å². The number of rotatable bonds is 2. The molecule has 0 aromatic carbocycles. The average molecular weight is 183 g/mol. The Kier molecular flexibility index (Phi) is 3.81. The summed E-state index contributed by atoms with van der Waals surface area (Å²) in [7, 11) is 0. The minimum Gasteiger partial charge on any atom is -0.436 e. The number of ether oxygens (including phenoxy) is 1. The first-order valence-corrected chi connectivity index (χ1v) is 3.22. The Labute approximate surface area is 55.8 Å². The lowest BCUT2D eigenvalue weighted by atomic mass is 10.7. The molecular formula is C4H7BrO3. The lowest BCUT2D eigenvalue weighted by molar-refractivity contribution is -0.161. The van der Waals surface area contributed by atoms with Gasteiger partial charge in [0.1, 0.15) is 5.33 Å². The molecular weight excluding hydrogens is 176 g/mol. The van der Waals surface area contributed by atoms with Crippen LogP contribution in [0.5, 0.6) is 0 Å². The van der Waals surface area contributed by atoms with Crippen molar-refractivity contribution in [2.24, 2.45) is 0 Å². The van der Waals surface area contributed by atoms with Gasteiger partial charge in [0, 0.05) is 0 Å². The summed E-state index contributed by atoms with van der Waals surface area (Å²) in [5.74, 6) is -0.458. The summed E-state index contributed by atoms with van der Waals surface area (Å²) in [4.78, 5) is 10.2. The maximum absolute atomic E-state index is 10.2. The molecule has 0 bridgehead atoms. The van der Waals surface area contributed by atoms with Crippen LogP contribution in [0.15, 0.2) is 0 Å². The van der Waals surface area contributed by atoms with Crippen LogP contribution in [0.2, 0.25) is 0 Å². The Morgan fingerprint density at radius 2 is 2.50 bits per heavy atom. The topological polar surface area (TPSA) is 46.5 Å². The summed E-state index contributed by atoms with van der Waals surface area (Å²) in [6.45, 7) is 1.38. The van der Waals surface area contributed by atoms with Crippen molar-refractivity contribution in [3.05, 3.63) is 0 Å². The summed E-state index contributed by atoms with van der Waals surface area (Å²) < 4.78 is 4.27. The van der Waals surface area contributed by atoms with E-state index in [1.807, 2.05) is 0 Å². The molecule has 0 amide bonds. The number of carbonyl (C=O) groups is 1. The second kappa shape index (κ2) is 3.86. The van der Waals surface area contributed by atoms with Gasteiger partial charge in [0.2, 0.25) is 0 Å². The Hall–Kier alpha value is -0.0900. The summed E-state index contributed by atoms with van der Waals surface area (Å²) in [6.07, 6.45) is -1.000. The second-order valence-electron chi connectivity index (χ2n) is 1.22. The molecule has 0 aromatic rings. The molecule has 0 fully saturated rings. The zero-order valence-electron chi connectivity index (χ0n) is 4.43. The van der Waals surface area contributed by atoms with Crippen molar-refractivity contribution in [1.82, 2.24) is 0 Å². The SMILES string of the molecule is CC(O)OC(=O)CBr. The quantitative estimate of drug-likeness (QED) is 0.379. The fraction of sp³-hybridized carbons (Fsp3) is 0.750. The molecule has 1 atom stereocenters. The second-order valence-corrected chi connectivity index (χ2v) is 1.78. The van der Waals surface area contributed by atoms with Gasteiger partial charge < -0.3 is 9.84 Å². The Morgan fingerprint density at radius 3 is 2.62 bits per heavy atom. The molecule has 8 heavy (non-hydrogen) atoms. The van der Waals surface area contributed by atoms with Crippen LogP contribution in [0, 0.1) is 0 Å². The number of hydrogen-bond donors (Lipinski definition) is 1. The van der Waals surface area contributed by atoms with Gasteiger partial charge in [-0.25, -0.2) is 0 Å². The number of halogens is 1. The van der Waals surface area contributed by atoms with Crippen LogP contribution in [0.25, 0.3) is 0 Å². The van der Waals surface area contributed by atoms with Crippen molar-refractivity contribution in [3.8, 4) is 0 Å².